The molecule has 0 aromatic carbocycles. The van der Waals surface area contributed by atoms with Crippen LogP contribution in [0.15, 0.2) is 6.33 Å². The van der Waals surface area contributed by atoms with Crippen molar-refractivity contribution >= 4 is 5.82 Å². The molecule has 5 heteroatoms. The second kappa shape index (κ2) is 4.10. The van der Waals surface area contributed by atoms with E-state index in [0.717, 1.165) is 13.0 Å². The van der Waals surface area contributed by atoms with E-state index >= 15 is 0 Å². The van der Waals surface area contributed by atoms with E-state index in [-0.39, 0.29) is 11.9 Å². The van der Waals surface area contributed by atoms with E-state index in [1.165, 1.54) is 6.33 Å². The molecule has 1 aromatic heterocycles. The summed E-state index contributed by atoms with van der Waals surface area (Å²) in [5.41, 5.74) is 6.05. The zero-order valence-corrected chi connectivity index (χ0v) is 8.78. The van der Waals surface area contributed by atoms with Crippen LogP contribution < -0.4 is 10.6 Å². The zero-order valence-electron chi connectivity index (χ0n) is 8.78. The number of nitrogens with two attached hydrogens (primary N) is 1. The van der Waals surface area contributed by atoms with Crippen molar-refractivity contribution in [3.63, 3.8) is 0 Å². The second-order valence-corrected chi connectivity index (χ2v) is 3.68. The highest BCUT2D eigenvalue weighted by Crippen LogP contribution is 2.27. The first-order chi connectivity index (χ1) is 7.27. The third-order valence-corrected chi connectivity index (χ3v) is 2.87. The average Bonchev–Trinajstić information content (AvgIpc) is 2.20. The van der Waals surface area contributed by atoms with Crippen molar-refractivity contribution in [3.05, 3.63) is 17.8 Å². The van der Waals surface area contributed by atoms with Crippen LogP contribution in [0.25, 0.3) is 0 Å². The molecule has 0 radical (unpaired) electrons. The summed E-state index contributed by atoms with van der Waals surface area (Å²) in [6.07, 6.45) is 3.02. The van der Waals surface area contributed by atoms with Crippen molar-refractivity contribution < 1.29 is 4.39 Å². The van der Waals surface area contributed by atoms with Gasteiger partial charge in [-0.1, -0.05) is 6.92 Å². The van der Waals surface area contributed by atoms with Gasteiger partial charge in [-0.25, -0.2) is 14.4 Å². The molecule has 82 valence electrons. The second-order valence-electron chi connectivity index (χ2n) is 3.68. The Labute approximate surface area is 88.3 Å². The van der Waals surface area contributed by atoms with Gasteiger partial charge in [0.2, 0.25) is 0 Å². The normalized spacial score (nSPS) is 20.2. The third-order valence-electron chi connectivity index (χ3n) is 2.87. The summed E-state index contributed by atoms with van der Waals surface area (Å²) >= 11 is 0. The fourth-order valence-electron chi connectivity index (χ4n) is 1.81. The summed E-state index contributed by atoms with van der Waals surface area (Å²) in [5, 5.41) is 0. The van der Waals surface area contributed by atoms with Gasteiger partial charge in [-0.15, -0.1) is 0 Å². The Kier molecular flexibility index (Phi) is 2.81. The highest BCUT2D eigenvalue weighted by Gasteiger charge is 2.30. The van der Waals surface area contributed by atoms with Gasteiger partial charge >= 0.3 is 0 Å². The van der Waals surface area contributed by atoms with Crippen LogP contribution in [0, 0.1) is 5.82 Å². The number of nitrogens with zero attached hydrogens (tertiary/aromatic N) is 3. The monoisotopic (exact) mass is 210 g/mol. The Morgan fingerprint density at radius 1 is 1.60 bits per heavy atom. The van der Waals surface area contributed by atoms with E-state index in [9.17, 15) is 4.39 Å². The lowest BCUT2D eigenvalue weighted by atomic mass is 10.0. The largest absolute Gasteiger partial charge is 0.350 e. The van der Waals surface area contributed by atoms with Gasteiger partial charge in [0.05, 0.1) is 5.69 Å². The van der Waals surface area contributed by atoms with Crippen LogP contribution in [0.3, 0.4) is 0 Å². The predicted octanol–water partition coefficient (Wildman–Crippen LogP) is 0.715. The maximum atomic E-state index is 13.8. The maximum Gasteiger partial charge on any atom is 0.187 e. The lowest BCUT2D eigenvalue weighted by Crippen LogP contribution is -2.52. The van der Waals surface area contributed by atoms with E-state index in [1.54, 1.807) is 0 Å². The summed E-state index contributed by atoms with van der Waals surface area (Å²) in [7, 11) is 0. The van der Waals surface area contributed by atoms with Crippen LogP contribution in [-0.4, -0.2) is 29.1 Å². The number of hydrogen-bond acceptors (Lipinski definition) is 4. The van der Waals surface area contributed by atoms with Crippen LogP contribution in [0.2, 0.25) is 0 Å². The number of anilines is 1. The van der Waals surface area contributed by atoms with Gasteiger partial charge in [0.15, 0.2) is 11.6 Å². The van der Waals surface area contributed by atoms with Crippen molar-refractivity contribution in [1.82, 2.24) is 9.97 Å². The van der Waals surface area contributed by atoms with Crippen LogP contribution in [0.4, 0.5) is 10.2 Å². The molecule has 2 N–H and O–H groups in total. The highest BCUT2D eigenvalue weighted by molar-refractivity contribution is 5.45. The molecule has 15 heavy (non-hydrogen) atoms. The van der Waals surface area contributed by atoms with E-state index in [1.807, 2.05) is 11.8 Å². The quantitative estimate of drug-likeness (QED) is 0.798. The molecular formula is C10H15FN4. The first-order valence-electron chi connectivity index (χ1n) is 5.24. The lowest BCUT2D eigenvalue weighted by Gasteiger charge is -2.41. The van der Waals surface area contributed by atoms with Gasteiger partial charge in [0.25, 0.3) is 0 Å². The fourth-order valence-corrected chi connectivity index (χ4v) is 1.81. The number of aryl methyl sites for hydroxylation is 1. The van der Waals surface area contributed by atoms with Crippen molar-refractivity contribution in [1.29, 1.82) is 0 Å². The number of rotatable bonds is 3. The number of hydrogen-bond donors (Lipinski definition) is 1. The van der Waals surface area contributed by atoms with Gasteiger partial charge in [-0.2, -0.15) is 0 Å². The predicted molar refractivity (Wildman–Crippen MR) is 56.2 cm³/mol. The SMILES string of the molecule is CCc1ncnc(N2CCC2CN)c1F. The molecule has 1 fully saturated rings. The van der Waals surface area contributed by atoms with Crippen molar-refractivity contribution in [2.75, 3.05) is 18.0 Å². The van der Waals surface area contributed by atoms with Gasteiger partial charge in [0.1, 0.15) is 6.33 Å². The molecule has 4 nitrogen and oxygen atoms in total. The molecular weight excluding hydrogens is 195 g/mol. The molecule has 0 saturated carbocycles. The topological polar surface area (TPSA) is 55.0 Å². The first kappa shape index (κ1) is 10.3. The van der Waals surface area contributed by atoms with Crippen molar-refractivity contribution in [3.8, 4) is 0 Å². The molecule has 1 aliphatic heterocycles. The van der Waals surface area contributed by atoms with Gasteiger partial charge in [0, 0.05) is 19.1 Å². The fraction of sp³-hybridized carbons (Fsp3) is 0.600. The molecule has 0 bridgehead atoms. The van der Waals surface area contributed by atoms with Crippen LogP contribution >= 0.6 is 0 Å². The summed E-state index contributed by atoms with van der Waals surface area (Å²) in [6, 6.07) is 0.235. The van der Waals surface area contributed by atoms with Crippen molar-refractivity contribution in [2.45, 2.75) is 25.8 Å². The Balaban J connectivity index is 2.28. The molecule has 2 rings (SSSR count). The van der Waals surface area contributed by atoms with Crippen LogP contribution in [0.1, 0.15) is 19.0 Å². The van der Waals surface area contributed by atoms with Crippen LogP contribution in [0.5, 0.6) is 0 Å². The van der Waals surface area contributed by atoms with E-state index in [0.29, 0.717) is 24.5 Å². The number of halogens is 1. The minimum Gasteiger partial charge on any atom is -0.350 e. The average molecular weight is 210 g/mol. The first-order valence-corrected chi connectivity index (χ1v) is 5.24. The Bertz CT molecular complexity index is 353. The van der Waals surface area contributed by atoms with E-state index in [2.05, 4.69) is 9.97 Å². The molecule has 1 aliphatic rings. The van der Waals surface area contributed by atoms with Gasteiger partial charge in [-0.3, -0.25) is 0 Å². The third kappa shape index (κ3) is 1.67. The standard InChI is InChI=1S/C10H15FN4/c1-2-8-9(11)10(14-6-13-8)15-4-3-7(15)5-12/h6-7H,2-5,12H2,1H3. The molecule has 1 saturated heterocycles. The Morgan fingerprint density at radius 2 is 2.40 bits per heavy atom. The molecule has 1 unspecified atom stereocenters. The number of aromatic nitrogens is 2. The Morgan fingerprint density at radius 3 is 2.93 bits per heavy atom. The zero-order chi connectivity index (χ0) is 10.8. The highest BCUT2D eigenvalue weighted by atomic mass is 19.1. The molecule has 0 amide bonds. The summed E-state index contributed by atoms with van der Waals surface area (Å²) < 4.78 is 13.8. The molecule has 1 atom stereocenters. The van der Waals surface area contributed by atoms with Gasteiger partial charge in [-0.05, 0) is 12.8 Å². The minimum atomic E-state index is -0.293. The van der Waals surface area contributed by atoms with E-state index < -0.39 is 0 Å². The minimum absolute atomic E-state index is 0.235. The smallest absolute Gasteiger partial charge is 0.187 e. The van der Waals surface area contributed by atoms with E-state index in [4.69, 9.17) is 5.73 Å². The summed E-state index contributed by atoms with van der Waals surface area (Å²) in [6.45, 7) is 3.26. The molecule has 1 aromatic rings. The maximum absolute atomic E-state index is 13.8. The summed E-state index contributed by atoms with van der Waals surface area (Å²) in [4.78, 5) is 9.81. The molecule has 0 aliphatic carbocycles. The van der Waals surface area contributed by atoms with Crippen LogP contribution in [-0.2, 0) is 6.42 Å². The van der Waals surface area contributed by atoms with Gasteiger partial charge < -0.3 is 10.6 Å². The van der Waals surface area contributed by atoms with Crippen molar-refractivity contribution in [2.24, 2.45) is 5.73 Å². The Hall–Kier alpha value is -1.23. The summed E-state index contributed by atoms with van der Waals surface area (Å²) in [5.74, 6) is 0.113. The molecule has 2 heterocycles. The lowest BCUT2D eigenvalue weighted by molar-refractivity contribution is 0.438. The molecule has 0 spiro atoms.